The first-order chi connectivity index (χ1) is 18.9. The van der Waals surface area contributed by atoms with Crippen molar-refractivity contribution >= 4 is 5.83 Å². The molecule has 0 spiro atoms. The van der Waals surface area contributed by atoms with Gasteiger partial charge in [-0.3, -0.25) is 0 Å². The Morgan fingerprint density at radius 3 is 1.95 bits per heavy atom. The second kappa shape index (κ2) is 11.9. The second-order valence-corrected chi connectivity index (χ2v) is 9.36. The summed E-state index contributed by atoms with van der Waals surface area (Å²) in [4.78, 5) is 0. The molecule has 1 fully saturated rings. The van der Waals surface area contributed by atoms with Gasteiger partial charge in [0.05, 0.1) is 6.61 Å². The van der Waals surface area contributed by atoms with Crippen LogP contribution in [0.15, 0.2) is 54.5 Å². The molecule has 11 heteroatoms. The molecule has 214 valence electrons. The van der Waals surface area contributed by atoms with E-state index < -0.39 is 47.2 Å². The number of halogens is 9. The van der Waals surface area contributed by atoms with E-state index in [0.29, 0.717) is 48.9 Å². The highest BCUT2D eigenvalue weighted by Gasteiger charge is 2.34. The van der Waals surface area contributed by atoms with E-state index in [-0.39, 0.29) is 35.1 Å². The van der Waals surface area contributed by atoms with Crippen molar-refractivity contribution in [1.29, 1.82) is 0 Å². The van der Waals surface area contributed by atoms with Gasteiger partial charge in [0, 0.05) is 11.1 Å². The Labute approximate surface area is 224 Å². The molecular formula is C29H23F9O2. The predicted octanol–water partition coefficient (Wildman–Crippen LogP) is 9.85. The first-order valence-corrected chi connectivity index (χ1v) is 12.4. The molecule has 0 N–H and O–H groups in total. The quantitative estimate of drug-likeness (QED) is 0.207. The Morgan fingerprint density at radius 1 is 0.775 bits per heavy atom. The van der Waals surface area contributed by atoms with Crippen molar-refractivity contribution in [3.63, 3.8) is 0 Å². The fraction of sp³-hybridized carbons (Fsp3) is 0.310. The highest BCUT2D eigenvalue weighted by atomic mass is 19.4. The fourth-order valence-electron chi connectivity index (χ4n) is 4.98. The zero-order valence-corrected chi connectivity index (χ0v) is 21.0. The summed E-state index contributed by atoms with van der Waals surface area (Å²) >= 11 is 0. The van der Waals surface area contributed by atoms with E-state index in [1.807, 2.05) is 0 Å². The van der Waals surface area contributed by atoms with Crippen LogP contribution in [-0.4, -0.2) is 13.0 Å². The number of ether oxygens (including phenoxy) is 2. The van der Waals surface area contributed by atoms with E-state index in [4.69, 9.17) is 0 Å². The van der Waals surface area contributed by atoms with E-state index in [2.05, 4.69) is 9.47 Å². The molecule has 0 aromatic heterocycles. The van der Waals surface area contributed by atoms with E-state index in [1.165, 1.54) is 31.2 Å². The van der Waals surface area contributed by atoms with Crippen LogP contribution >= 0.6 is 0 Å². The number of hydrogen-bond donors (Lipinski definition) is 0. The summed E-state index contributed by atoms with van der Waals surface area (Å²) in [5.74, 6) is -7.98. The molecule has 0 heterocycles. The molecule has 40 heavy (non-hydrogen) atoms. The van der Waals surface area contributed by atoms with Crippen LogP contribution in [0.1, 0.15) is 61.1 Å². The van der Waals surface area contributed by atoms with Gasteiger partial charge >= 0.3 is 12.4 Å². The number of rotatable bonds is 7. The summed E-state index contributed by atoms with van der Waals surface area (Å²) in [5, 5.41) is 0. The summed E-state index contributed by atoms with van der Waals surface area (Å²) < 4.78 is 131. The molecule has 0 amide bonds. The lowest BCUT2D eigenvalue weighted by Crippen LogP contribution is -2.19. The van der Waals surface area contributed by atoms with Gasteiger partial charge in [-0.2, -0.15) is 8.78 Å². The van der Waals surface area contributed by atoms with Gasteiger partial charge in [0.2, 0.25) is 11.6 Å². The van der Waals surface area contributed by atoms with Crippen LogP contribution < -0.4 is 4.74 Å². The molecule has 3 aromatic rings. The minimum atomic E-state index is -5.30. The molecular weight excluding hydrogens is 551 g/mol. The van der Waals surface area contributed by atoms with Crippen molar-refractivity contribution in [2.24, 2.45) is 0 Å². The Morgan fingerprint density at radius 2 is 1.40 bits per heavy atom. The Kier molecular flexibility index (Phi) is 8.70. The minimum absolute atomic E-state index is 0.0827. The molecule has 1 aliphatic rings. The Bertz CT molecular complexity index is 1380. The largest absolute Gasteiger partial charge is 0.573 e. The summed E-state index contributed by atoms with van der Waals surface area (Å²) in [6, 6.07) is 7.35. The molecule has 0 bridgehead atoms. The predicted molar refractivity (Wildman–Crippen MR) is 130 cm³/mol. The third kappa shape index (κ3) is 6.56. The van der Waals surface area contributed by atoms with E-state index in [1.54, 1.807) is 6.07 Å². The molecule has 4 rings (SSSR count). The second-order valence-electron chi connectivity index (χ2n) is 9.36. The highest BCUT2D eigenvalue weighted by Crippen LogP contribution is 2.42. The van der Waals surface area contributed by atoms with Crippen LogP contribution in [0.25, 0.3) is 17.0 Å². The first kappa shape index (κ1) is 29.4. The van der Waals surface area contributed by atoms with Crippen LogP contribution in [0.4, 0.5) is 39.5 Å². The molecule has 3 aromatic carbocycles. The summed E-state index contributed by atoms with van der Waals surface area (Å²) in [6.45, 7) is 1.40. The van der Waals surface area contributed by atoms with Gasteiger partial charge in [-0.1, -0.05) is 24.3 Å². The van der Waals surface area contributed by atoms with Crippen molar-refractivity contribution in [2.45, 2.75) is 50.8 Å². The lowest BCUT2D eigenvalue weighted by Gasteiger charge is -2.29. The first-order valence-electron chi connectivity index (χ1n) is 12.4. The normalized spacial score (nSPS) is 18.4. The van der Waals surface area contributed by atoms with Crippen LogP contribution in [0.5, 0.6) is 5.75 Å². The fourth-order valence-corrected chi connectivity index (χ4v) is 4.98. The van der Waals surface area contributed by atoms with Crippen LogP contribution in [0.2, 0.25) is 0 Å². The van der Waals surface area contributed by atoms with E-state index in [0.717, 1.165) is 6.07 Å². The Balaban J connectivity index is 1.46. The average Bonchev–Trinajstić information content (AvgIpc) is 2.90. The third-order valence-corrected chi connectivity index (χ3v) is 6.86. The van der Waals surface area contributed by atoms with Gasteiger partial charge < -0.3 is 9.47 Å². The molecule has 1 aliphatic carbocycles. The van der Waals surface area contributed by atoms with Crippen LogP contribution in [0.3, 0.4) is 0 Å². The van der Waals surface area contributed by atoms with Crippen molar-refractivity contribution < 1.29 is 49.0 Å². The average molecular weight is 574 g/mol. The molecule has 0 atom stereocenters. The summed E-state index contributed by atoms with van der Waals surface area (Å²) in [6.07, 6.45) is -3.11. The van der Waals surface area contributed by atoms with Crippen molar-refractivity contribution in [3.05, 3.63) is 94.5 Å². The SMILES string of the molecule is CCOC(F)=C(F)c1ccc(C2CCC(c3ccc(-c4cc(F)c(OC(F)(F)F)c(F)c4)c(F)c3)CC2)c(F)c1. The van der Waals surface area contributed by atoms with Crippen molar-refractivity contribution in [3.8, 4) is 16.9 Å². The smallest absolute Gasteiger partial charge is 0.469 e. The van der Waals surface area contributed by atoms with Crippen LogP contribution in [-0.2, 0) is 4.74 Å². The van der Waals surface area contributed by atoms with Crippen LogP contribution in [0, 0.1) is 23.3 Å². The maximum atomic E-state index is 15.0. The summed E-state index contributed by atoms with van der Waals surface area (Å²) in [7, 11) is 0. The lowest BCUT2D eigenvalue weighted by molar-refractivity contribution is -0.276. The maximum Gasteiger partial charge on any atom is 0.573 e. The number of alkyl halides is 3. The number of benzene rings is 3. The van der Waals surface area contributed by atoms with Gasteiger partial charge in [-0.25, -0.2) is 17.6 Å². The van der Waals surface area contributed by atoms with Gasteiger partial charge in [-0.15, -0.1) is 13.2 Å². The van der Waals surface area contributed by atoms with Gasteiger partial charge in [0.15, 0.2) is 11.6 Å². The molecule has 0 radical (unpaired) electrons. The summed E-state index contributed by atoms with van der Waals surface area (Å²) in [5.41, 5.74) is 0.169. The number of hydrogen-bond acceptors (Lipinski definition) is 2. The van der Waals surface area contributed by atoms with Crippen molar-refractivity contribution in [2.75, 3.05) is 6.61 Å². The van der Waals surface area contributed by atoms with E-state index in [9.17, 15) is 39.5 Å². The molecule has 0 aliphatic heterocycles. The third-order valence-electron chi connectivity index (χ3n) is 6.86. The monoisotopic (exact) mass is 574 g/mol. The highest BCUT2D eigenvalue weighted by molar-refractivity contribution is 5.66. The van der Waals surface area contributed by atoms with Gasteiger partial charge in [0.25, 0.3) is 0 Å². The topological polar surface area (TPSA) is 18.5 Å². The molecule has 1 saturated carbocycles. The van der Waals surface area contributed by atoms with Gasteiger partial charge in [0.1, 0.15) is 11.6 Å². The minimum Gasteiger partial charge on any atom is -0.469 e. The Hall–Kier alpha value is -3.63. The zero-order chi connectivity index (χ0) is 29.2. The standard InChI is InChI=1S/C29H23F9O2/c1-2-39-28(35)26(34)18-8-10-20(23(31)12-18)16-5-3-15(4-6-16)17-7-9-21(22(30)11-17)19-13-24(32)27(25(33)14-19)40-29(36,37)38/h7-16H,2-6H2,1H3. The van der Waals surface area contributed by atoms with Crippen molar-refractivity contribution in [1.82, 2.24) is 0 Å². The zero-order valence-electron chi connectivity index (χ0n) is 21.0. The molecule has 0 unspecified atom stereocenters. The lowest BCUT2D eigenvalue weighted by atomic mass is 9.76. The molecule has 0 saturated heterocycles. The maximum absolute atomic E-state index is 15.0. The van der Waals surface area contributed by atoms with E-state index >= 15 is 0 Å². The van der Waals surface area contributed by atoms with Gasteiger partial charge in [-0.05, 0) is 85.4 Å². The molecule has 2 nitrogen and oxygen atoms in total.